The molecule has 1 aliphatic rings. The molecule has 0 fully saturated rings. The Bertz CT molecular complexity index is 1300. The van der Waals surface area contributed by atoms with Crippen LogP contribution in [0, 0.1) is 13.8 Å². The fourth-order valence-corrected chi connectivity index (χ4v) is 5.85. The molecule has 6 nitrogen and oxygen atoms in total. The van der Waals surface area contributed by atoms with Crippen molar-refractivity contribution in [2.45, 2.75) is 19.0 Å². The Morgan fingerprint density at radius 3 is 2.31 bits per heavy atom. The summed E-state index contributed by atoms with van der Waals surface area (Å²) in [6.45, 7) is 5.14. The van der Waals surface area contributed by atoms with Gasteiger partial charge in [0.2, 0.25) is 5.16 Å². The highest BCUT2D eigenvalue weighted by Gasteiger charge is 2.20. The number of Topliss-reactive ketones (excluding diaryl/α,β-unsaturated/α-hetero) is 1. The van der Waals surface area contributed by atoms with E-state index in [1.54, 1.807) is 40.9 Å². The predicted octanol–water partition coefficient (Wildman–Crippen LogP) is 5.69. The van der Waals surface area contributed by atoms with Crippen molar-refractivity contribution in [3.05, 3.63) is 57.8 Å². The number of thioether (sulfide) groups is 1. The Morgan fingerprint density at radius 2 is 1.62 bits per heavy atom. The van der Waals surface area contributed by atoms with Crippen LogP contribution in [0.15, 0.2) is 46.2 Å². The number of ketones is 1. The first-order chi connectivity index (χ1) is 15.6. The highest BCUT2D eigenvalue weighted by atomic mass is 32.2. The lowest BCUT2D eigenvalue weighted by Crippen LogP contribution is -2.16. The number of carbonyl (C=O) groups is 1. The molecule has 5 rings (SSSR count). The van der Waals surface area contributed by atoms with Crippen molar-refractivity contribution >= 4 is 40.2 Å². The second-order valence-corrected chi connectivity index (χ2v) is 10.0. The van der Waals surface area contributed by atoms with Crippen LogP contribution in [-0.2, 0) is 0 Å². The van der Waals surface area contributed by atoms with E-state index in [0.717, 1.165) is 32.3 Å². The third kappa shape index (κ3) is 4.15. The van der Waals surface area contributed by atoms with E-state index in [9.17, 15) is 4.79 Å². The number of carbonyl (C=O) groups excluding carboxylic acids is 1. The van der Waals surface area contributed by atoms with Crippen LogP contribution in [0.3, 0.4) is 0 Å². The number of hydrogen-bond acceptors (Lipinski definition) is 9. The van der Waals surface area contributed by atoms with Crippen LogP contribution in [0.5, 0.6) is 11.5 Å². The second-order valence-electron chi connectivity index (χ2n) is 7.23. The Hall–Kier alpha value is -2.75. The monoisotopic (exact) mass is 481 g/mol. The molecular weight excluding hydrogens is 462 g/mol. The molecule has 9 heteroatoms. The van der Waals surface area contributed by atoms with Gasteiger partial charge in [0.05, 0.1) is 15.5 Å². The van der Waals surface area contributed by atoms with Crippen LogP contribution in [0.2, 0.25) is 0 Å². The first kappa shape index (κ1) is 21.1. The van der Waals surface area contributed by atoms with Crippen LogP contribution < -0.4 is 9.47 Å². The smallest absolute Gasteiger partial charge is 0.210 e. The van der Waals surface area contributed by atoms with Gasteiger partial charge < -0.3 is 9.47 Å². The van der Waals surface area contributed by atoms with E-state index in [4.69, 9.17) is 14.5 Å². The van der Waals surface area contributed by atoms with Gasteiger partial charge in [-0.3, -0.25) is 4.79 Å². The molecule has 0 N–H and O–H groups in total. The van der Waals surface area contributed by atoms with Gasteiger partial charge in [-0.1, -0.05) is 11.8 Å². The molecule has 0 bridgehead atoms. The van der Waals surface area contributed by atoms with Crippen LogP contribution in [0.1, 0.15) is 21.5 Å². The Kier molecular flexibility index (Phi) is 5.95. The van der Waals surface area contributed by atoms with E-state index in [1.807, 2.05) is 5.38 Å². The molecule has 0 atom stereocenters. The van der Waals surface area contributed by atoms with E-state index in [2.05, 4.69) is 41.6 Å². The van der Waals surface area contributed by atoms with Gasteiger partial charge in [-0.2, -0.15) is 0 Å². The van der Waals surface area contributed by atoms with Gasteiger partial charge in [0, 0.05) is 5.56 Å². The zero-order valence-electron chi connectivity index (χ0n) is 17.5. The Morgan fingerprint density at radius 1 is 0.938 bits per heavy atom. The first-order valence-corrected chi connectivity index (χ1v) is 12.7. The first-order valence-electron chi connectivity index (χ1n) is 9.99. The van der Waals surface area contributed by atoms with Crippen LogP contribution in [-0.4, -0.2) is 39.9 Å². The van der Waals surface area contributed by atoms with Gasteiger partial charge in [-0.05, 0) is 66.1 Å². The van der Waals surface area contributed by atoms with Gasteiger partial charge in [-0.25, -0.2) is 4.98 Å². The highest BCUT2D eigenvalue weighted by Crippen LogP contribution is 2.38. The summed E-state index contributed by atoms with van der Waals surface area (Å²) in [6, 6.07) is 9.42. The number of nitrogens with zero attached hydrogens (tertiary/aromatic N) is 3. The van der Waals surface area contributed by atoms with E-state index in [0.29, 0.717) is 35.4 Å². The number of aromatic nitrogens is 3. The summed E-state index contributed by atoms with van der Waals surface area (Å²) in [6.07, 6.45) is 0. The molecule has 0 spiro atoms. The molecule has 1 aromatic carbocycles. The summed E-state index contributed by atoms with van der Waals surface area (Å²) in [5.74, 6) is 1.46. The van der Waals surface area contributed by atoms with Crippen molar-refractivity contribution < 1.29 is 14.3 Å². The van der Waals surface area contributed by atoms with Crippen LogP contribution in [0.4, 0.5) is 0 Å². The number of thiophene rings is 2. The average Bonchev–Trinajstić information content (AvgIpc) is 3.44. The number of aryl methyl sites for hydroxylation is 2. The molecule has 32 heavy (non-hydrogen) atoms. The van der Waals surface area contributed by atoms with Gasteiger partial charge in [0.1, 0.15) is 24.6 Å². The third-order valence-corrected chi connectivity index (χ3v) is 7.90. The summed E-state index contributed by atoms with van der Waals surface area (Å²) < 4.78 is 11.1. The molecule has 3 aromatic heterocycles. The summed E-state index contributed by atoms with van der Waals surface area (Å²) >= 11 is 4.56. The van der Waals surface area contributed by atoms with Crippen molar-refractivity contribution in [1.82, 2.24) is 15.2 Å². The molecule has 4 aromatic rings. The summed E-state index contributed by atoms with van der Waals surface area (Å²) in [5, 5.41) is 13.4. The lowest BCUT2D eigenvalue weighted by atomic mass is 10.1. The molecule has 0 radical (unpaired) electrons. The van der Waals surface area contributed by atoms with Gasteiger partial charge in [0.25, 0.3) is 0 Å². The zero-order valence-corrected chi connectivity index (χ0v) is 19.9. The maximum atomic E-state index is 12.8. The van der Waals surface area contributed by atoms with Crippen molar-refractivity contribution in [1.29, 1.82) is 0 Å². The van der Waals surface area contributed by atoms with Gasteiger partial charge in [0.15, 0.2) is 17.3 Å². The molecule has 0 saturated heterocycles. The second kappa shape index (κ2) is 9.01. The third-order valence-electron chi connectivity index (χ3n) is 5.02. The minimum atomic E-state index is -0.0254. The number of fused-ring (bicyclic) bond motifs is 1. The van der Waals surface area contributed by atoms with Gasteiger partial charge in [-0.15, -0.1) is 32.9 Å². The van der Waals surface area contributed by atoms with E-state index in [1.165, 1.54) is 11.8 Å². The standard InChI is InChI=1S/C23H19N3O3S3/c1-13-5-9-30-21(13)19-20(22-14(2)6-10-31-22)25-26-23(24-19)32-12-16(27)15-3-4-17-18(11-15)29-8-7-28-17/h3-6,9-11H,7-8,12H2,1-2H3. The Labute approximate surface area is 197 Å². The largest absolute Gasteiger partial charge is 0.486 e. The molecule has 4 heterocycles. The van der Waals surface area contributed by atoms with E-state index in [-0.39, 0.29) is 11.5 Å². The quantitative estimate of drug-likeness (QED) is 0.259. The molecule has 162 valence electrons. The number of rotatable bonds is 6. The topological polar surface area (TPSA) is 74.2 Å². The maximum Gasteiger partial charge on any atom is 0.210 e. The number of benzene rings is 1. The number of hydrogen-bond donors (Lipinski definition) is 0. The maximum absolute atomic E-state index is 12.8. The SMILES string of the molecule is Cc1ccsc1-c1nnc(SCC(=O)c2ccc3c(c2)OCCO3)nc1-c1sccc1C. The summed E-state index contributed by atoms with van der Waals surface area (Å²) in [4.78, 5) is 19.7. The lowest BCUT2D eigenvalue weighted by Gasteiger charge is -2.18. The van der Waals surface area contributed by atoms with E-state index < -0.39 is 0 Å². The fourth-order valence-electron chi connectivity index (χ4n) is 3.34. The average molecular weight is 482 g/mol. The molecule has 1 aliphatic heterocycles. The summed E-state index contributed by atoms with van der Waals surface area (Å²) in [7, 11) is 0. The normalized spacial score (nSPS) is 12.7. The highest BCUT2D eigenvalue weighted by molar-refractivity contribution is 7.99. The predicted molar refractivity (Wildman–Crippen MR) is 128 cm³/mol. The van der Waals surface area contributed by atoms with Gasteiger partial charge >= 0.3 is 0 Å². The van der Waals surface area contributed by atoms with Crippen LogP contribution >= 0.6 is 34.4 Å². The van der Waals surface area contributed by atoms with Crippen molar-refractivity contribution in [2.75, 3.05) is 19.0 Å². The lowest BCUT2D eigenvalue weighted by molar-refractivity contribution is 0.102. The van der Waals surface area contributed by atoms with E-state index >= 15 is 0 Å². The molecule has 0 saturated carbocycles. The molecule has 0 amide bonds. The number of ether oxygens (including phenoxy) is 2. The fraction of sp³-hybridized carbons (Fsp3) is 0.217. The van der Waals surface area contributed by atoms with Crippen molar-refractivity contribution in [3.8, 4) is 32.6 Å². The Balaban J connectivity index is 1.40. The summed E-state index contributed by atoms with van der Waals surface area (Å²) in [5.41, 5.74) is 4.47. The minimum Gasteiger partial charge on any atom is -0.486 e. The minimum absolute atomic E-state index is 0.0254. The zero-order chi connectivity index (χ0) is 22.1. The van der Waals surface area contributed by atoms with Crippen molar-refractivity contribution in [2.24, 2.45) is 0 Å². The molecular formula is C23H19N3O3S3. The molecule has 0 aliphatic carbocycles. The van der Waals surface area contributed by atoms with Crippen molar-refractivity contribution in [3.63, 3.8) is 0 Å². The molecule has 0 unspecified atom stereocenters. The van der Waals surface area contributed by atoms with Crippen LogP contribution in [0.25, 0.3) is 21.1 Å².